The summed E-state index contributed by atoms with van der Waals surface area (Å²) in [7, 11) is 0. The summed E-state index contributed by atoms with van der Waals surface area (Å²) in [5, 5.41) is 0. The topological polar surface area (TPSA) is 35.2 Å². The van der Waals surface area contributed by atoms with Crippen molar-refractivity contribution in [3.8, 4) is 5.75 Å². The first-order valence-electron chi connectivity index (χ1n) is 6.51. The first-order valence-corrected chi connectivity index (χ1v) is 6.51. The van der Waals surface area contributed by atoms with E-state index >= 15 is 0 Å². The molecule has 0 heterocycles. The average molecular weight is 295 g/mol. The van der Waals surface area contributed by atoms with E-state index in [1.807, 2.05) is 0 Å². The van der Waals surface area contributed by atoms with E-state index in [0.717, 1.165) is 6.07 Å². The Kier molecular flexibility index (Phi) is 4.53. The highest BCUT2D eigenvalue weighted by Gasteiger charge is 2.32. The second-order valence-electron chi connectivity index (χ2n) is 4.83. The molecular weight excluding hydrogens is 279 g/mol. The van der Waals surface area contributed by atoms with E-state index in [-0.39, 0.29) is 11.3 Å². The molecule has 0 spiro atoms. The van der Waals surface area contributed by atoms with Gasteiger partial charge in [0.15, 0.2) is 6.61 Å². The molecule has 0 fully saturated rings. The fourth-order valence-electron chi connectivity index (χ4n) is 1.94. The molecular formula is C16H16F3NO. The number of rotatable bonds is 5. The number of benzene rings is 2. The summed E-state index contributed by atoms with van der Waals surface area (Å²) in [5.41, 5.74) is 5.93. The monoisotopic (exact) mass is 295 g/mol. The van der Waals surface area contributed by atoms with Gasteiger partial charge in [-0.1, -0.05) is 30.3 Å². The molecule has 0 aliphatic heterocycles. The lowest BCUT2D eigenvalue weighted by Crippen LogP contribution is -2.23. The van der Waals surface area contributed by atoms with Crippen molar-refractivity contribution >= 4 is 0 Å². The van der Waals surface area contributed by atoms with Crippen molar-refractivity contribution in [1.29, 1.82) is 0 Å². The van der Waals surface area contributed by atoms with Gasteiger partial charge in [-0.3, -0.25) is 0 Å². The predicted molar refractivity (Wildman–Crippen MR) is 74.8 cm³/mol. The molecule has 112 valence electrons. The molecule has 2 N–H and O–H groups in total. The van der Waals surface area contributed by atoms with Crippen molar-refractivity contribution in [2.24, 2.45) is 5.73 Å². The minimum absolute atomic E-state index is 0.130. The van der Waals surface area contributed by atoms with Gasteiger partial charge >= 0.3 is 5.92 Å². The highest BCUT2D eigenvalue weighted by molar-refractivity contribution is 5.36. The van der Waals surface area contributed by atoms with Crippen LogP contribution in [0, 0.1) is 5.82 Å². The van der Waals surface area contributed by atoms with Crippen molar-refractivity contribution in [1.82, 2.24) is 0 Å². The molecule has 2 nitrogen and oxygen atoms in total. The quantitative estimate of drug-likeness (QED) is 0.904. The Hall–Kier alpha value is -2.01. The van der Waals surface area contributed by atoms with Crippen LogP contribution in [0.3, 0.4) is 0 Å². The van der Waals surface area contributed by atoms with Crippen LogP contribution in [0.4, 0.5) is 13.2 Å². The Morgan fingerprint density at radius 1 is 1.14 bits per heavy atom. The zero-order valence-corrected chi connectivity index (χ0v) is 11.5. The maximum Gasteiger partial charge on any atom is 0.306 e. The Balaban J connectivity index is 2.16. The number of alkyl halides is 2. The number of halogens is 3. The number of hydrogen-bond donors (Lipinski definition) is 1. The lowest BCUT2D eigenvalue weighted by atomic mass is 10.1. The first-order chi connectivity index (χ1) is 9.90. The predicted octanol–water partition coefficient (Wildman–Crippen LogP) is 4.02. The summed E-state index contributed by atoms with van der Waals surface area (Å²) in [5.74, 6) is -3.45. The minimum Gasteiger partial charge on any atom is -0.487 e. The van der Waals surface area contributed by atoms with Gasteiger partial charge in [0, 0.05) is 17.2 Å². The van der Waals surface area contributed by atoms with Crippen molar-refractivity contribution in [3.63, 3.8) is 0 Å². The van der Waals surface area contributed by atoms with Gasteiger partial charge in [-0.25, -0.2) is 4.39 Å². The molecule has 0 aliphatic rings. The summed E-state index contributed by atoms with van der Waals surface area (Å²) < 4.78 is 46.4. The smallest absolute Gasteiger partial charge is 0.306 e. The molecule has 0 aliphatic carbocycles. The molecule has 2 aromatic carbocycles. The molecule has 2 rings (SSSR count). The van der Waals surface area contributed by atoms with E-state index in [1.54, 1.807) is 13.0 Å². The standard InChI is InChI=1S/C16H16F3NO/c1-11(20)14-9-13(17)7-8-15(14)21-10-16(18,19)12-5-3-2-4-6-12/h2-9,11H,10,20H2,1H3. The molecule has 0 saturated heterocycles. The SMILES string of the molecule is CC(N)c1cc(F)ccc1OCC(F)(F)c1ccccc1. The number of ether oxygens (including phenoxy) is 1. The van der Waals surface area contributed by atoms with Crippen LogP contribution < -0.4 is 10.5 Å². The van der Waals surface area contributed by atoms with Gasteiger partial charge in [-0.2, -0.15) is 8.78 Å². The van der Waals surface area contributed by atoms with Crippen molar-refractivity contribution in [2.45, 2.75) is 18.9 Å². The fourth-order valence-corrected chi connectivity index (χ4v) is 1.94. The summed E-state index contributed by atoms with van der Waals surface area (Å²) >= 11 is 0. The third-order valence-corrected chi connectivity index (χ3v) is 3.07. The fraction of sp³-hybridized carbons (Fsp3) is 0.250. The van der Waals surface area contributed by atoms with Crippen molar-refractivity contribution in [3.05, 3.63) is 65.5 Å². The van der Waals surface area contributed by atoms with Crippen LogP contribution in [0.1, 0.15) is 24.1 Å². The summed E-state index contributed by atoms with van der Waals surface area (Å²) in [4.78, 5) is 0. The number of hydrogen-bond acceptors (Lipinski definition) is 2. The normalized spacial score (nSPS) is 13.0. The van der Waals surface area contributed by atoms with Gasteiger partial charge in [-0.05, 0) is 25.1 Å². The zero-order valence-electron chi connectivity index (χ0n) is 11.5. The molecule has 21 heavy (non-hydrogen) atoms. The lowest BCUT2D eigenvalue weighted by molar-refractivity contribution is -0.0470. The highest BCUT2D eigenvalue weighted by atomic mass is 19.3. The Bertz CT molecular complexity index is 600. The maximum atomic E-state index is 14.0. The van der Waals surface area contributed by atoms with Crippen LogP contribution in [0.25, 0.3) is 0 Å². The minimum atomic E-state index is -3.13. The Morgan fingerprint density at radius 2 is 1.81 bits per heavy atom. The van der Waals surface area contributed by atoms with Crippen LogP contribution >= 0.6 is 0 Å². The molecule has 0 saturated carbocycles. The van der Waals surface area contributed by atoms with E-state index in [9.17, 15) is 13.2 Å². The molecule has 0 bridgehead atoms. The third kappa shape index (κ3) is 3.76. The zero-order chi connectivity index (χ0) is 15.5. The highest BCUT2D eigenvalue weighted by Crippen LogP contribution is 2.31. The van der Waals surface area contributed by atoms with Crippen LogP contribution in [-0.2, 0) is 5.92 Å². The van der Waals surface area contributed by atoms with Gasteiger partial charge in [0.1, 0.15) is 11.6 Å². The van der Waals surface area contributed by atoms with Gasteiger partial charge in [0.25, 0.3) is 0 Å². The first kappa shape index (κ1) is 15.4. The van der Waals surface area contributed by atoms with Crippen molar-refractivity contribution in [2.75, 3.05) is 6.61 Å². The van der Waals surface area contributed by atoms with Crippen LogP contribution in [-0.4, -0.2) is 6.61 Å². The van der Waals surface area contributed by atoms with Gasteiger partial charge < -0.3 is 10.5 Å². The molecule has 5 heteroatoms. The van der Waals surface area contributed by atoms with Gasteiger partial charge in [0.05, 0.1) is 0 Å². The maximum absolute atomic E-state index is 14.0. The molecule has 2 aromatic rings. The molecule has 1 unspecified atom stereocenters. The Morgan fingerprint density at radius 3 is 2.43 bits per heavy atom. The summed E-state index contributed by atoms with van der Waals surface area (Å²) in [6, 6.07) is 10.6. The van der Waals surface area contributed by atoms with E-state index in [1.165, 1.54) is 36.4 Å². The second-order valence-corrected chi connectivity index (χ2v) is 4.83. The van der Waals surface area contributed by atoms with Crippen molar-refractivity contribution < 1.29 is 17.9 Å². The van der Waals surface area contributed by atoms with E-state index in [4.69, 9.17) is 10.5 Å². The molecule has 0 aromatic heterocycles. The summed E-state index contributed by atoms with van der Waals surface area (Å²) in [6.45, 7) is 0.805. The average Bonchev–Trinajstić information content (AvgIpc) is 2.47. The summed E-state index contributed by atoms with van der Waals surface area (Å²) in [6.07, 6.45) is 0. The number of nitrogens with two attached hydrogens (primary N) is 1. The molecule has 1 atom stereocenters. The second kappa shape index (κ2) is 6.18. The van der Waals surface area contributed by atoms with E-state index in [2.05, 4.69) is 0 Å². The third-order valence-electron chi connectivity index (χ3n) is 3.07. The van der Waals surface area contributed by atoms with E-state index in [0.29, 0.717) is 5.56 Å². The lowest BCUT2D eigenvalue weighted by Gasteiger charge is -2.20. The molecule has 0 amide bonds. The van der Waals surface area contributed by atoms with E-state index < -0.39 is 24.4 Å². The van der Waals surface area contributed by atoms with Crippen LogP contribution in [0.15, 0.2) is 48.5 Å². The largest absolute Gasteiger partial charge is 0.487 e. The van der Waals surface area contributed by atoms with Gasteiger partial charge in [-0.15, -0.1) is 0 Å². The van der Waals surface area contributed by atoms with Crippen LogP contribution in [0.5, 0.6) is 5.75 Å². The molecule has 0 radical (unpaired) electrons. The Labute approximate surface area is 121 Å². The van der Waals surface area contributed by atoms with Gasteiger partial charge in [0.2, 0.25) is 0 Å². The van der Waals surface area contributed by atoms with Crippen LogP contribution in [0.2, 0.25) is 0 Å².